The van der Waals surface area contributed by atoms with Gasteiger partial charge in [-0.3, -0.25) is 0 Å². The van der Waals surface area contributed by atoms with E-state index in [4.69, 9.17) is 9.47 Å². The summed E-state index contributed by atoms with van der Waals surface area (Å²) >= 11 is 0. The molecule has 1 atom stereocenters. The molecule has 0 aromatic heterocycles. The molecule has 1 aromatic carbocycles. The van der Waals surface area contributed by atoms with Crippen molar-refractivity contribution in [1.82, 2.24) is 10.2 Å². The number of aliphatic hydroxyl groups is 2. The first-order valence-corrected chi connectivity index (χ1v) is 10.2. The van der Waals surface area contributed by atoms with E-state index in [9.17, 15) is 10.2 Å². The summed E-state index contributed by atoms with van der Waals surface area (Å²) in [6, 6.07) is 6.38. The molecule has 1 unspecified atom stereocenters. The fourth-order valence-electron chi connectivity index (χ4n) is 3.50. The van der Waals surface area contributed by atoms with Gasteiger partial charge >= 0.3 is 0 Å². The summed E-state index contributed by atoms with van der Waals surface area (Å²) in [5.41, 5.74) is 1.12. The van der Waals surface area contributed by atoms with Crippen LogP contribution in [0.1, 0.15) is 45.1 Å². The third kappa shape index (κ3) is 7.30. The minimum atomic E-state index is -0.537. The van der Waals surface area contributed by atoms with E-state index in [1.54, 1.807) is 7.11 Å². The van der Waals surface area contributed by atoms with Crippen molar-refractivity contribution in [3.05, 3.63) is 23.8 Å². The summed E-state index contributed by atoms with van der Waals surface area (Å²) in [5.74, 6) is 1.34. The molecule has 0 bridgehead atoms. The SMILES string of the molecule is CCN(CC)CC(O)COc1cc(CNC2CCC(O)CC2)ccc1OC. The number of nitrogens with one attached hydrogen (secondary N) is 1. The molecule has 6 nitrogen and oxygen atoms in total. The molecular formula is C21H36N2O4. The Bertz CT molecular complexity index is 543. The number of ether oxygens (including phenoxy) is 2. The Labute approximate surface area is 163 Å². The second-order valence-electron chi connectivity index (χ2n) is 7.32. The fourth-order valence-corrected chi connectivity index (χ4v) is 3.50. The molecule has 3 N–H and O–H groups in total. The van der Waals surface area contributed by atoms with Crippen molar-refractivity contribution in [3.8, 4) is 11.5 Å². The minimum absolute atomic E-state index is 0.133. The van der Waals surface area contributed by atoms with Crippen molar-refractivity contribution < 1.29 is 19.7 Å². The van der Waals surface area contributed by atoms with Gasteiger partial charge in [-0.25, -0.2) is 0 Å². The van der Waals surface area contributed by atoms with Gasteiger partial charge in [-0.05, 0) is 56.5 Å². The second-order valence-corrected chi connectivity index (χ2v) is 7.32. The van der Waals surface area contributed by atoms with E-state index in [1.165, 1.54) is 0 Å². The predicted molar refractivity (Wildman–Crippen MR) is 107 cm³/mol. The van der Waals surface area contributed by atoms with Crippen molar-refractivity contribution in [3.63, 3.8) is 0 Å². The molecule has 2 rings (SSSR count). The van der Waals surface area contributed by atoms with Crippen LogP contribution in [0.2, 0.25) is 0 Å². The number of hydrogen-bond donors (Lipinski definition) is 3. The number of aliphatic hydroxyl groups excluding tert-OH is 2. The molecule has 27 heavy (non-hydrogen) atoms. The van der Waals surface area contributed by atoms with Gasteiger partial charge in [0.15, 0.2) is 11.5 Å². The molecule has 1 fully saturated rings. The van der Waals surface area contributed by atoms with Crippen molar-refractivity contribution >= 4 is 0 Å². The first-order valence-electron chi connectivity index (χ1n) is 10.2. The van der Waals surface area contributed by atoms with E-state index in [1.807, 2.05) is 18.2 Å². The van der Waals surface area contributed by atoms with Crippen molar-refractivity contribution in [2.45, 2.75) is 64.3 Å². The zero-order valence-electron chi connectivity index (χ0n) is 17.0. The summed E-state index contributed by atoms with van der Waals surface area (Å²) in [5, 5.41) is 23.4. The molecule has 0 amide bonds. The Balaban J connectivity index is 1.88. The van der Waals surface area contributed by atoms with Crippen LogP contribution in [0.15, 0.2) is 18.2 Å². The van der Waals surface area contributed by atoms with Crippen LogP contribution in [0.4, 0.5) is 0 Å². The lowest BCUT2D eigenvalue weighted by atomic mass is 9.93. The largest absolute Gasteiger partial charge is 0.493 e. The molecule has 0 saturated heterocycles. The Hall–Kier alpha value is -1.34. The number of methoxy groups -OCH3 is 1. The fraction of sp³-hybridized carbons (Fsp3) is 0.714. The van der Waals surface area contributed by atoms with E-state index < -0.39 is 6.10 Å². The van der Waals surface area contributed by atoms with Gasteiger partial charge in [-0.1, -0.05) is 19.9 Å². The number of benzene rings is 1. The molecule has 154 valence electrons. The molecule has 6 heteroatoms. The molecule has 1 aromatic rings. The highest BCUT2D eigenvalue weighted by atomic mass is 16.5. The predicted octanol–water partition coefficient (Wildman–Crippen LogP) is 2.17. The average molecular weight is 381 g/mol. The molecular weight excluding hydrogens is 344 g/mol. The third-order valence-electron chi connectivity index (χ3n) is 5.31. The zero-order valence-corrected chi connectivity index (χ0v) is 17.0. The van der Waals surface area contributed by atoms with Crippen LogP contribution in [0.5, 0.6) is 11.5 Å². The Morgan fingerprint density at radius 1 is 1.15 bits per heavy atom. The molecule has 0 aliphatic heterocycles. The summed E-state index contributed by atoms with van der Waals surface area (Å²) in [4.78, 5) is 2.17. The lowest BCUT2D eigenvalue weighted by Gasteiger charge is -2.26. The smallest absolute Gasteiger partial charge is 0.161 e. The molecule has 0 heterocycles. The number of hydrogen-bond acceptors (Lipinski definition) is 6. The highest BCUT2D eigenvalue weighted by molar-refractivity contribution is 5.43. The van der Waals surface area contributed by atoms with E-state index in [2.05, 4.69) is 24.1 Å². The Morgan fingerprint density at radius 3 is 2.48 bits per heavy atom. The van der Waals surface area contributed by atoms with Gasteiger partial charge < -0.3 is 29.9 Å². The standard InChI is InChI=1S/C21H36N2O4/c1-4-23(5-2)14-19(25)15-27-21-12-16(6-11-20(21)26-3)13-22-17-7-9-18(24)10-8-17/h6,11-12,17-19,22,24-25H,4-5,7-10,13-15H2,1-3H3. The van der Waals surface area contributed by atoms with Crippen LogP contribution in [-0.4, -0.2) is 66.7 Å². The topological polar surface area (TPSA) is 74.2 Å². The van der Waals surface area contributed by atoms with Crippen LogP contribution in [0.3, 0.4) is 0 Å². The van der Waals surface area contributed by atoms with Crippen molar-refractivity contribution in [2.75, 3.05) is 33.4 Å². The quantitative estimate of drug-likeness (QED) is 0.546. The maximum Gasteiger partial charge on any atom is 0.161 e. The highest BCUT2D eigenvalue weighted by Crippen LogP contribution is 2.28. The van der Waals surface area contributed by atoms with Crippen molar-refractivity contribution in [2.24, 2.45) is 0 Å². The third-order valence-corrected chi connectivity index (χ3v) is 5.31. The molecule has 1 saturated carbocycles. The van der Waals surface area contributed by atoms with Gasteiger partial charge in [0, 0.05) is 19.1 Å². The number of likely N-dealkylation sites (N-methyl/N-ethyl adjacent to an activating group) is 1. The van der Waals surface area contributed by atoms with Gasteiger partial charge in [-0.2, -0.15) is 0 Å². The second kappa shape index (κ2) is 11.5. The lowest BCUT2D eigenvalue weighted by Crippen LogP contribution is -2.35. The van der Waals surface area contributed by atoms with Crippen LogP contribution < -0.4 is 14.8 Å². The van der Waals surface area contributed by atoms with Gasteiger partial charge in [0.1, 0.15) is 12.7 Å². The van der Waals surface area contributed by atoms with Gasteiger partial charge in [-0.15, -0.1) is 0 Å². The lowest BCUT2D eigenvalue weighted by molar-refractivity contribution is 0.0705. The maximum atomic E-state index is 10.2. The van der Waals surface area contributed by atoms with Crippen LogP contribution in [-0.2, 0) is 6.54 Å². The molecule has 1 aliphatic rings. The monoisotopic (exact) mass is 380 g/mol. The Morgan fingerprint density at radius 2 is 1.85 bits per heavy atom. The summed E-state index contributed by atoms with van der Waals surface area (Å²) < 4.78 is 11.3. The number of nitrogens with zero attached hydrogens (tertiary/aromatic N) is 1. The first kappa shape index (κ1) is 22.0. The first-order chi connectivity index (χ1) is 13.0. The normalized spacial score (nSPS) is 21.3. The average Bonchev–Trinajstić information content (AvgIpc) is 2.70. The maximum absolute atomic E-state index is 10.2. The zero-order chi connectivity index (χ0) is 19.6. The highest BCUT2D eigenvalue weighted by Gasteiger charge is 2.19. The summed E-state index contributed by atoms with van der Waals surface area (Å²) in [6.45, 7) is 7.59. The van der Waals surface area contributed by atoms with Gasteiger partial charge in [0.05, 0.1) is 13.2 Å². The van der Waals surface area contributed by atoms with Crippen LogP contribution in [0.25, 0.3) is 0 Å². The summed E-state index contributed by atoms with van der Waals surface area (Å²) in [6.07, 6.45) is 3.10. The summed E-state index contributed by atoms with van der Waals surface area (Å²) in [7, 11) is 1.62. The minimum Gasteiger partial charge on any atom is -0.493 e. The van der Waals surface area contributed by atoms with Crippen molar-refractivity contribution in [1.29, 1.82) is 0 Å². The van der Waals surface area contributed by atoms with E-state index in [-0.39, 0.29) is 12.7 Å². The molecule has 1 aliphatic carbocycles. The van der Waals surface area contributed by atoms with E-state index >= 15 is 0 Å². The van der Waals surface area contributed by atoms with E-state index in [0.717, 1.165) is 50.9 Å². The molecule has 0 radical (unpaired) electrons. The van der Waals surface area contributed by atoms with Gasteiger partial charge in [0.2, 0.25) is 0 Å². The van der Waals surface area contributed by atoms with Crippen LogP contribution >= 0.6 is 0 Å². The van der Waals surface area contributed by atoms with E-state index in [0.29, 0.717) is 24.1 Å². The number of rotatable bonds is 11. The Kier molecular flexibility index (Phi) is 9.34. The van der Waals surface area contributed by atoms with Gasteiger partial charge in [0.25, 0.3) is 0 Å². The van der Waals surface area contributed by atoms with Crippen LogP contribution in [0, 0.1) is 0 Å². The molecule has 0 spiro atoms.